The highest BCUT2D eigenvalue weighted by molar-refractivity contribution is 5.94. The predicted octanol–water partition coefficient (Wildman–Crippen LogP) is 3.89. The summed E-state index contributed by atoms with van der Waals surface area (Å²) in [5.74, 6) is -0.273. The molecule has 0 N–H and O–H groups in total. The third kappa shape index (κ3) is 3.18. The van der Waals surface area contributed by atoms with Crippen LogP contribution < -0.4 is 5.43 Å². The largest absolute Gasteiger partial charge is 0.464 e. The molecule has 4 heteroatoms. The second-order valence-electron chi connectivity index (χ2n) is 5.88. The van der Waals surface area contributed by atoms with Crippen LogP contribution in [0.2, 0.25) is 0 Å². The third-order valence-corrected chi connectivity index (χ3v) is 4.18. The minimum atomic E-state index is -0.273. The van der Waals surface area contributed by atoms with Crippen molar-refractivity contribution >= 4 is 27.8 Å². The van der Waals surface area contributed by atoms with Gasteiger partial charge in [0.25, 0.3) is 0 Å². The Kier molecular flexibility index (Phi) is 4.94. The number of benzene rings is 2. The number of pyridine rings is 1. The fourth-order valence-corrected chi connectivity index (χ4v) is 2.96. The van der Waals surface area contributed by atoms with Gasteiger partial charge >= 0.3 is 5.97 Å². The summed E-state index contributed by atoms with van der Waals surface area (Å²) < 4.78 is 7.21. The number of hydrogen-bond donors (Lipinski definition) is 0. The molecule has 0 radical (unpaired) electrons. The number of unbranched alkanes of at least 4 members (excludes halogenated alkanes) is 2. The van der Waals surface area contributed by atoms with Crippen molar-refractivity contribution in [2.24, 2.45) is 0 Å². The van der Waals surface area contributed by atoms with Gasteiger partial charge in [0.15, 0.2) is 5.43 Å². The molecule has 0 aliphatic rings. The van der Waals surface area contributed by atoms with E-state index in [1.165, 1.54) is 0 Å². The maximum Gasteiger partial charge on any atom is 0.325 e. The SMILES string of the molecule is CCCCCOC(=O)Cn1c2ccccc2c(=O)c2ccccc21. The normalized spacial score (nSPS) is 11.0. The van der Waals surface area contributed by atoms with E-state index in [2.05, 4.69) is 6.92 Å². The van der Waals surface area contributed by atoms with E-state index in [9.17, 15) is 9.59 Å². The Balaban J connectivity index is 2.00. The van der Waals surface area contributed by atoms with E-state index in [0.29, 0.717) is 17.4 Å². The van der Waals surface area contributed by atoms with E-state index in [1.807, 2.05) is 41.0 Å². The van der Waals surface area contributed by atoms with Gasteiger partial charge in [-0.15, -0.1) is 0 Å². The Bertz CT molecular complexity index is 867. The second kappa shape index (κ2) is 7.30. The first kappa shape index (κ1) is 16.2. The van der Waals surface area contributed by atoms with Crippen LogP contribution in [0.15, 0.2) is 53.3 Å². The van der Waals surface area contributed by atoms with E-state index in [-0.39, 0.29) is 17.9 Å². The maximum atomic E-state index is 12.6. The topological polar surface area (TPSA) is 48.3 Å². The molecule has 0 unspecified atom stereocenters. The number of fused-ring (bicyclic) bond motifs is 2. The van der Waals surface area contributed by atoms with E-state index in [0.717, 1.165) is 30.3 Å². The Hall–Kier alpha value is -2.62. The zero-order valence-electron chi connectivity index (χ0n) is 13.8. The Morgan fingerprint density at radius 2 is 1.54 bits per heavy atom. The molecular formula is C20H21NO3. The number of para-hydroxylation sites is 2. The van der Waals surface area contributed by atoms with Crippen molar-refractivity contribution in [2.45, 2.75) is 32.7 Å². The lowest BCUT2D eigenvalue weighted by Crippen LogP contribution is -2.18. The standard InChI is InChI=1S/C20H21NO3/c1-2-3-8-13-24-19(22)14-21-17-11-6-4-9-15(17)20(23)16-10-5-7-12-18(16)21/h4-7,9-12H,2-3,8,13-14H2,1H3. The third-order valence-electron chi connectivity index (χ3n) is 4.18. The van der Waals surface area contributed by atoms with Crippen molar-refractivity contribution in [2.75, 3.05) is 6.61 Å². The number of rotatable bonds is 6. The summed E-state index contributed by atoms with van der Waals surface area (Å²) >= 11 is 0. The average Bonchev–Trinajstić information content (AvgIpc) is 2.62. The summed E-state index contributed by atoms with van der Waals surface area (Å²) in [6.07, 6.45) is 3.03. The summed E-state index contributed by atoms with van der Waals surface area (Å²) in [4.78, 5) is 24.9. The van der Waals surface area contributed by atoms with Crippen LogP contribution in [0.3, 0.4) is 0 Å². The second-order valence-corrected chi connectivity index (χ2v) is 5.88. The summed E-state index contributed by atoms with van der Waals surface area (Å²) in [7, 11) is 0. The van der Waals surface area contributed by atoms with Crippen molar-refractivity contribution in [3.63, 3.8) is 0 Å². The highest BCUT2D eigenvalue weighted by atomic mass is 16.5. The molecule has 2 aromatic carbocycles. The fourth-order valence-electron chi connectivity index (χ4n) is 2.96. The molecule has 3 aromatic rings. The van der Waals surface area contributed by atoms with Gasteiger partial charge in [-0.1, -0.05) is 44.0 Å². The molecule has 0 saturated heterocycles. The van der Waals surface area contributed by atoms with Gasteiger partial charge in [-0.25, -0.2) is 0 Å². The van der Waals surface area contributed by atoms with Gasteiger partial charge in [0.2, 0.25) is 0 Å². The van der Waals surface area contributed by atoms with Crippen LogP contribution in [0.5, 0.6) is 0 Å². The molecule has 0 fully saturated rings. The van der Waals surface area contributed by atoms with Gasteiger partial charge in [0.05, 0.1) is 17.6 Å². The van der Waals surface area contributed by atoms with E-state index >= 15 is 0 Å². The Morgan fingerprint density at radius 3 is 2.12 bits per heavy atom. The van der Waals surface area contributed by atoms with Gasteiger partial charge in [-0.3, -0.25) is 9.59 Å². The van der Waals surface area contributed by atoms with Crippen LogP contribution >= 0.6 is 0 Å². The molecule has 0 aliphatic heterocycles. The molecule has 3 rings (SSSR count). The van der Waals surface area contributed by atoms with Gasteiger partial charge in [-0.05, 0) is 30.7 Å². The van der Waals surface area contributed by atoms with Gasteiger partial charge in [0.1, 0.15) is 6.54 Å². The van der Waals surface area contributed by atoms with Gasteiger partial charge in [-0.2, -0.15) is 0 Å². The maximum absolute atomic E-state index is 12.6. The molecule has 4 nitrogen and oxygen atoms in total. The fraction of sp³-hybridized carbons (Fsp3) is 0.300. The molecule has 0 atom stereocenters. The first-order valence-corrected chi connectivity index (χ1v) is 8.38. The quantitative estimate of drug-likeness (QED) is 0.393. The van der Waals surface area contributed by atoms with Crippen LogP contribution in [0.1, 0.15) is 26.2 Å². The molecule has 1 aromatic heterocycles. The Morgan fingerprint density at radius 1 is 0.958 bits per heavy atom. The number of hydrogen-bond acceptors (Lipinski definition) is 3. The van der Waals surface area contributed by atoms with Crippen LogP contribution in [0.4, 0.5) is 0 Å². The van der Waals surface area contributed by atoms with Crippen molar-refractivity contribution in [1.29, 1.82) is 0 Å². The Labute approximate surface area is 140 Å². The first-order chi connectivity index (χ1) is 11.7. The number of carbonyl (C=O) groups is 1. The smallest absolute Gasteiger partial charge is 0.325 e. The lowest BCUT2D eigenvalue weighted by atomic mass is 10.1. The van der Waals surface area contributed by atoms with E-state index in [4.69, 9.17) is 4.74 Å². The molecule has 0 amide bonds. The lowest BCUT2D eigenvalue weighted by Gasteiger charge is -2.14. The van der Waals surface area contributed by atoms with Crippen LogP contribution in [-0.2, 0) is 16.1 Å². The first-order valence-electron chi connectivity index (χ1n) is 8.38. The summed E-state index contributed by atoms with van der Waals surface area (Å²) in [5.41, 5.74) is 1.51. The van der Waals surface area contributed by atoms with Crippen molar-refractivity contribution in [3.8, 4) is 0 Å². The van der Waals surface area contributed by atoms with Crippen LogP contribution in [0, 0.1) is 0 Å². The highest BCUT2D eigenvalue weighted by Crippen LogP contribution is 2.19. The van der Waals surface area contributed by atoms with Crippen molar-refractivity contribution in [1.82, 2.24) is 4.57 Å². The molecule has 24 heavy (non-hydrogen) atoms. The molecule has 0 aliphatic carbocycles. The minimum absolute atomic E-state index is 0.00577. The summed E-state index contributed by atoms with van der Waals surface area (Å²) in [6.45, 7) is 2.66. The van der Waals surface area contributed by atoms with Gasteiger partial charge in [0, 0.05) is 10.8 Å². The number of ether oxygens (including phenoxy) is 1. The molecular weight excluding hydrogens is 302 g/mol. The molecule has 1 heterocycles. The molecule has 0 bridgehead atoms. The van der Waals surface area contributed by atoms with Crippen LogP contribution in [0.25, 0.3) is 21.8 Å². The van der Waals surface area contributed by atoms with Crippen LogP contribution in [-0.4, -0.2) is 17.1 Å². The predicted molar refractivity (Wildman–Crippen MR) is 96.2 cm³/mol. The molecule has 0 saturated carbocycles. The number of aromatic nitrogens is 1. The number of nitrogens with zero attached hydrogens (tertiary/aromatic N) is 1. The minimum Gasteiger partial charge on any atom is -0.464 e. The zero-order chi connectivity index (χ0) is 16.9. The van der Waals surface area contributed by atoms with Gasteiger partial charge < -0.3 is 9.30 Å². The molecule has 124 valence electrons. The summed E-state index contributed by atoms with van der Waals surface area (Å²) in [5, 5.41) is 1.24. The number of esters is 1. The van der Waals surface area contributed by atoms with Crippen molar-refractivity contribution < 1.29 is 9.53 Å². The molecule has 0 spiro atoms. The van der Waals surface area contributed by atoms with Crippen molar-refractivity contribution in [3.05, 3.63) is 58.8 Å². The van der Waals surface area contributed by atoms with E-state index in [1.54, 1.807) is 12.1 Å². The van der Waals surface area contributed by atoms with E-state index < -0.39 is 0 Å². The highest BCUT2D eigenvalue weighted by Gasteiger charge is 2.13. The summed E-state index contributed by atoms with van der Waals surface area (Å²) in [6, 6.07) is 14.8. The zero-order valence-corrected chi connectivity index (χ0v) is 13.8. The average molecular weight is 323 g/mol. The monoisotopic (exact) mass is 323 g/mol. The lowest BCUT2D eigenvalue weighted by molar-refractivity contribution is -0.144. The number of carbonyl (C=O) groups excluding carboxylic acids is 1.